The van der Waals surface area contributed by atoms with E-state index in [4.69, 9.17) is 0 Å². The fourth-order valence-corrected chi connectivity index (χ4v) is 1.88. The van der Waals surface area contributed by atoms with Crippen LogP contribution < -0.4 is 5.32 Å². The largest absolute Gasteiger partial charge is 0.380 e. The number of nitro groups is 1. The molecule has 0 saturated heterocycles. The third-order valence-corrected chi connectivity index (χ3v) is 3.10. The molecule has 0 unspecified atom stereocenters. The van der Waals surface area contributed by atoms with E-state index in [-0.39, 0.29) is 5.69 Å². The van der Waals surface area contributed by atoms with E-state index < -0.39 is 10.9 Å². The number of nitro benzene ring substituents is 1. The number of benzene rings is 1. The molecule has 1 N–H and O–H groups in total. The van der Waals surface area contributed by atoms with Crippen LogP contribution in [-0.4, -0.2) is 9.91 Å². The topological polar surface area (TPSA) is 68.1 Å². The van der Waals surface area contributed by atoms with Crippen LogP contribution in [0.15, 0.2) is 41.0 Å². The van der Waals surface area contributed by atoms with Crippen molar-refractivity contribution in [1.82, 2.24) is 4.98 Å². The average Bonchev–Trinajstić information content (AvgIpc) is 2.39. The number of pyridine rings is 1. The van der Waals surface area contributed by atoms with E-state index >= 15 is 0 Å². The van der Waals surface area contributed by atoms with Crippen LogP contribution in [0.1, 0.15) is 5.56 Å². The number of nitrogens with zero attached hydrogens (tertiary/aromatic N) is 2. The molecule has 0 amide bonds. The second kappa shape index (κ2) is 5.75. The SMILES string of the molecule is O=[N+]([O-])c1cc(CNc2ccc(F)nc2)ccc1Br. The van der Waals surface area contributed by atoms with Crippen molar-refractivity contribution in [2.75, 3.05) is 5.32 Å². The molecule has 2 rings (SSSR count). The predicted octanol–water partition coefficient (Wildman–Crippen LogP) is 3.50. The summed E-state index contributed by atoms with van der Waals surface area (Å²) in [6.07, 6.45) is 1.36. The molecule has 5 nitrogen and oxygen atoms in total. The van der Waals surface area contributed by atoms with Crippen molar-refractivity contribution in [3.05, 3.63) is 62.6 Å². The summed E-state index contributed by atoms with van der Waals surface area (Å²) in [7, 11) is 0. The maximum absolute atomic E-state index is 12.6. The van der Waals surface area contributed by atoms with Gasteiger partial charge in [-0.15, -0.1) is 0 Å². The van der Waals surface area contributed by atoms with Crippen LogP contribution in [0.25, 0.3) is 0 Å². The molecule has 98 valence electrons. The molecule has 0 aliphatic heterocycles. The zero-order valence-electron chi connectivity index (χ0n) is 9.64. The van der Waals surface area contributed by atoms with Gasteiger partial charge in [0, 0.05) is 12.6 Å². The molecule has 0 aliphatic rings. The van der Waals surface area contributed by atoms with Crippen molar-refractivity contribution in [2.45, 2.75) is 6.54 Å². The summed E-state index contributed by atoms with van der Waals surface area (Å²) in [5, 5.41) is 13.8. The lowest BCUT2D eigenvalue weighted by molar-refractivity contribution is -0.385. The maximum Gasteiger partial charge on any atom is 0.283 e. The summed E-state index contributed by atoms with van der Waals surface area (Å²) in [5.41, 5.74) is 1.41. The Hall–Kier alpha value is -2.02. The van der Waals surface area contributed by atoms with Crippen molar-refractivity contribution in [1.29, 1.82) is 0 Å². The van der Waals surface area contributed by atoms with Gasteiger partial charge in [0.25, 0.3) is 5.69 Å². The predicted molar refractivity (Wildman–Crippen MR) is 72.3 cm³/mol. The van der Waals surface area contributed by atoms with Gasteiger partial charge in [0.15, 0.2) is 0 Å². The molecule has 1 aromatic heterocycles. The zero-order valence-corrected chi connectivity index (χ0v) is 11.2. The van der Waals surface area contributed by atoms with Crippen LogP contribution in [0.4, 0.5) is 15.8 Å². The van der Waals surface area contributed by atoms with E-state index in [1.165, 1.54) is 18.3 Å². The molecule has 0 aliphatic carbocycles. The lowest BCUT2D eigenvalue weighted by Gasteiger charge is -2.06. The lowest BCUT2D eigenvalue weighted by Crippen LogP contribution is -2.01. The van der Waals surface area contributed by atoms with Crippen LogP contribution in [0, 0.1) is 16.1 Å². The number of hydrogen-bond acceptors (Lipinski definition) is 4. The summed E-state index contributed by atoms with van der Waals surface area (Å²) in [6, 6.07) is 7.66. The molecule has 1 aromatic carbocycles. The first-order valence-electron chi connectivity index (χ1n) is 5.34. The second-order valence-corrected chi connectivity index (χ2v) is 4.62. The van der Waals surface area contributed by atoms with E-state index in [0.29, 0.717) is 16.7 Å². The smallest absolute Gasteiger partial charge is 0.283 e. The van der Waals surface area contributed by atoms with Crippen molar-refractivity contribution in [2.24, 2.45) is 0 Å². The summed E-state index contributed by atoms with van der Waals surface area (Å²) in [6.45, 7) is 0.390. The zero-order chi connectivity index (χ0) is 13.8. The van der Waals surface area contributed by atoms with E-state index in [1.54, 1.807) is 18.2 Å². The molecule has 0 atom stereocenters. The minimum absolute atomic E-state index is 0.0107. The van der Waals surface area contributed by atoms with Crippen LogP contribution in [0.2, 0.25) is 0 Å². The fraction of sp³-hybridized carbons (Fsp3) is 0.0833. The quantitative estimate of drug-likeness (QED) is 0.530. The summed E-state index contributed by atoms with van der Waals surface area (Å²) < 4.78 is 13.1. The normalized spacial score (nSPS) is 10.2. The highest BCUT2D eigenvalue weighted by Crippen LogP contribution is 2.25. The number of halogens is 2. The molecule has 0 fully saturated rings. The highest BCUT2D eigenvalue weighted by atomic mass is 79.9. The van der Waals surface area contributed by atoms with E-state index in [9.17, 15) is 14.5 Å². The van der Waals surface area contributed by atoms with Gasteiger partial charge in [-0.25, -0.2) is 4.98 Å². The Balaban J connectivity index is 2.09. The molecule has 0 spiro atoms. The monoisotopic (exact) mass is 325 g/mol. The van der Waals surface area contributed by atoms with Gasteiger partial charge in [0.2, 0.25) is 5.95 Å². The van der Waals surface area contributed by atoms with Gasteiger partial charge in [-0.2, -0.15) is 4.39 Å². The van der Waals surface area contributed by atoms with Gasteiger partial charge in [0.1, 0.15) is 0 Å². The molecule has 0 radical (unpaired) electrons. The van der Waals surface area contributed by atoms with Crippen molar-refractivity contribution < 1.29 is 9.31 Å². The van der Waals surface area contributed by atoms with Crippen molar-refractivity contribution >= 4 is 27.3 Å². The van der Waals surface area contributed by atoms with Gasteiger partial charge >= 0.3 is 0 Å². The maximum atomic E-state index is 12.6. The van der Waals surface area contributed by atoms with Gasteiger partial charge in [-0.1, -0.05) is 6.07 Å². The average molecular weight is 326 g/mol. The summed E-state index contributed by atoms with van der Waals surface area (Å²) in [5.74, 6) is -0.551. The first kappa shape index (κ1) is 13.4. The number of rotatable bonds is 4. The minimum atomic E-state index is -0.551. The Labute approximate surface area is 116 Å². The first-order valence-corrected chi connectivity index (χ1v) is 6.14. The Kier molecular flexibility index (Phi) is 4.06. The van der Waals surface area contributed by atoms with E-state index in [2.05, 4.69) is 26.2 Å². The first-order chi connectivity index (χ1) is 9.06. The molecular weight excluding hydrogens is 317 g/mol. The van der Waals surface area contributed by atoms with Gasteiger partial charge in [-0.05, 0) is 39.7 Å². The van der Waals surface area contributed by atoms with E-state index in [1.807, 2.05) is 0 Å². The number of aromatic nitrogens is 1. The number of anilines is 1. The summed E-state index contributed by atoms with van der Waals surface area (Å²) >= 11 is 3.12. The van der Waals surface area contributed by atoms with E-state index in [0.717, 1.165) is 5.56 Å². The molecule has 19 heavy (non-hydrogen) atoms. The van der Waals surface area contributed by atoms with Crippen LogP contribution >= 0.6 is 15.9 Å². The Morgan fingerprint density at radius 1 is 1.37 bits per heavy atom. The van der Waals surface area contributed by atoms with Crippen molar-refractivity contribution in [3.63, 3.8) is 0 Å². The third-order valence-electron chi connectivity index (χ3n) is 2.43. The Morgan fingerprint density at radius 3 is 2.79 bits per heavy atom. The summed E-state index contributed by atoms with van der Waals surface area (Å²) in [4.78, 5) is 13.8. The Morgan fingerprint density at radius 2 is 2.16 bits per heavy atom. The molecule has 2 aromatic rings. The molecule has 0 bridgehead atoms. The molecule has 7 heteroatoms. The number of nitrogens with one attached hydrogen (secondary N) is 1. The van der Waals surface area contributed by atoms with Crippen molar-refractivity contribution in [3.8, 4) is 0 Å². The minimum Gasteiger partial charge on any atom is -0.380 e. The highest BCUT2D eigenvalue weighted by molar-refractivity contribution is 9.10. The fourth-order valence-electron chi connectivity index (χ4n) is 1.49. The highest BCUT2D eigenvalue weighted by Gasteiger charge is 2.11. The van der Waals surface area contributed by atoms with Gasteiger partial charge in [0.05, 0.1) is 21.3 Å². The third kappa shape index (κ3) is 3.47. The van der Waals surface area contributed by atoms with Gasteiger partial charge < -0.3 is 5.32 Å². The van der Waals surface area contributed by atoms with Crippen LogP contribution in [-0.2, 0) is 6.54 Å². The van der Waals surface area contributed by atoms with Crippen LogP contribution in [0.5, 0.6) is 0 Å². The lowest BCUT2D eigenvalue weighted by atomic mass is 10.2. The standard InChI is InChI=1S/C12H9BrFN3O2/c13-10-3-1-8(5-11(10)17(18)19)6-15-9-2-4-12(14)16-7-9/h1-5,7,15H,6H2. The molecule has 1 heterocycles. The van der Waals surface area contributed by atoms with Gasteiger partial charge in [-0.3, -0.25) is 10.1 Å². The Bertz CT molecular complexity index is 604. The molecular formula is C12H9BrFN3O2. The second-order valence-electron chi connectivity index (χ2n) is 3.77. The number of hydrogen-bond donors (Lipinski definition) is 1. The molecule has 0 saturated carbocycles. The van der Waals surface area contributed by atoms with Crippen LogP contribution in [0.3, 0.4) is 0 Å².